The van der Waals surface area contributed by atoms with Crippen molar-refractivity contribution in [1.82, 2.24) is 0 Å². The largest absolute Gasteiger partial charge is 0.387 e. The van der Waals surface area contributed by atoms with Crippen LogP contribution in [0.3, 0.4) is 0 Å². The normalized spacial score (nSPS) is 21.4. The number of oxime groups is 1. The number of anilines is 1. The minimum absolute atomic E-state index is 0.287. The molecule has 0 saturated heterocycles. The number of amides is 2. The third-order valence-corrected chi connectivity index (χ3v) is 4.61. The molecule has 2 aliphatic rings. The lowest BCUT2D eigenvalue weighted by molar-refractivity contribution is -0.121. The summed E-state index contributed by atoms with van der Waals surface area (Å²) in [6.07, 6.45) is 0.505. The summed E-state index contributed by atoms with van der Waals surface area (Å²) >= 11 is 0. The molecule has 2 aromatic rings. The van der Waals surface area contributed by atoms with Crippen molar-refractivity contribution in [2.24, 2.45) is 10.9 Å². The van der Waals surface area contributed by atoms with Gasteiger partial charge in [-0.2, -0.15) is 0 Å². The summed E-state index contributed by atoms with van der Waals surface area (Å²) in [5.41, 5.74) is 8.42. The smallest absolute Gasteiger partial charge is 0.276 e. The first-order valence-electron chi connectivity index (χ1n) is 8.13. The highest BCUT2D eigenvalue weighted by Gasteiger charge is 2.40. The third-order valence-electron chi connectivity index (χ3n) is 4.61. The van der Waals surface area contributed by atoms with Crippen molar-refractivity contribution < 1.29 is 14.4 Å². The van der Waals surface area contributed by atoms with Crippen LogP contribution in [-0.2, 0) is 20.8 Å². The molecule has 6 heteroatoms. The zero-order chi connectivity index (χ0) is 17.4. The summed E-state index contributed by atoms with van der Waals surface area (Å²) in [7, 11) is 0. The SMILES string of the molecule is NC(=O)[C@@H]1Cc2ccccc2N1C(=O)C1=NO[C@@H](c2ccccc2)C1. The van der Waals surface area contributed by atoms with E-state index < -0.39 is 11.9 Å². The first-order chi connectivity index (χ1) is 12.1. The number of fused-ring (bicyclic) bond motifs is 1. The summed E-state index contributed by atoms with van der Waals surface area (Å²) in [5, 5.41) is 3.98. The van der Waals surface area contributed by atoms with Gasteiger partial charge in [0.15, 0.2) is 6.10 Å². The van der Waals surface area contributed by atoms with E-state index in [4.69, 9.17) is 10.6 Å². The summed E-state index contributed by atoms with van der Waals surface area (Å²) in [6, 6.07) is 16.4. The van der Waals surface area contributed by atoms with Crippen LogP contribution in [0.15, 0.2) is 59.8 Å². The Morgan fingerprint density at radius 3 is 2.52 bits per heavy atom. The number of nitrogens with zero attached hydrogens (tertiary/aromatic N) is 2. The minimum Gasteiger partial charge on any atom is -0.387 e. The van der Waals surface area contributed by atoms with E-state index in [1.807, 2.05) is 54.6 Å². The van der Waals surface area contributed by atoms with Gasteiger partial charge in [-0.05, 0) is 17.2 Å². The van der Waals surface area contributed by atoms with Gasteiger partial charge in [0, 0.05) is 18.5 Å². The standard InChI is InChI=1S/C19H17N3O3/c20-18(23)16-10-13-8-4-5-9-15(13)22(16)19(24)14-11-17(25-21-14)12-6-2-1-3-7-12/h1-9,16-17H,10-11H2,(H2,20,23)/t16-,17+/m0/s1. The fourth-order valence-corrected chi connectivity index (χ4v) is 3.35. The Morgan fingerprint density at radius 2 is 1.76 bits per heavy atom. The lowest BCUT2D eigenvalue weighted by Crippen LogP contribution is -2.48. The van der Waals surface area contributed by atoms with Gasteiger partial charge in [-0.25, -0.2) is 0 Å². The van der Waals surface area contributed by atoms with Gasteiger partial charge in [0.25, 0.3) is 5.91 Å². The second-order valence-corrected chi connectivity index (χ2v) is 6.17. The maximum absolute atomic E-state index is 13.0. The number of benzene rings is 2. The molecule has 0 saturated carbocycles. The summed E-state index contributed by atoms with van der Waals surface area (Å²) < 4.78 is 0. The zero-order valence-corrected chi connectivity index (χ0v) is 13.5. The Hall–Kier alpha value is -3.15. The number of carbonyl (C=O) groups excluding carboxylic acids is 2. The maximum atomic E-state index is 13.0. The zero-order valence-electron chi connectivity index (χ0n) is 13.5. The Bertz CT molecular complexity index is 863. The van der Waals surface area contributed by atoms with Crippen LogP contribution >= 0.6 is 0 Å². The molecule has 6 nitrogen and oxygen atoms in total. The molecule has 0 bridgehead atoms. The molecule has 0 unspecified atom stereocenters. The summed E-state index contributed by atoms with van der Waals surface area (Å²) in [6.45, 7) is 0. The fraction of sp³-hybridized carbons (Fsp3) is 0.211. The molecule has 2 aliphatic heterocycles. The maximum Gasteiger partial charge on any atom is 0.276 e. The highest BCUT2D eigenvalue weighted by Crippen LogP contribution is 2.34. The molecule has 2 aromatic carbocycles. The van der Waals surface area contributed by atoms with E-state index in [-0.39, 0.29) is 12.0 Å². The second-order valence-electron chi connectivity index (χ2n) is 6.17. The quantitative estimate of drug-likeness (QED) is 0.930. The van der Waals surface area contributed by atoms with E-state index in [1.165, 1.54) is 4.90 Å². The third kappa shape index (κ3) is 2.65. The van der Waals surface area contributed by atoms with Crippen molar-refractivity contribution in [3.05, 3.63) is 65.7 Å². The van der Waals surface area contributed by atoms with E-state index in [0.29, 0.717) is 24.2 Å². The van der Waals surface area contributed by atoms with Crippen molar-refractivity contribution in [2.75, 3.05) is 4.90 Å². The highest BCUT2D eigenvalue weighted by atomic mass is 16.6. The molecule has 2 amide bonds. The van der Waals surface area contributed by atoms with Crippen LogP contribution in [0.5, 0.6) is 0 Å². The molecule has 4 rings (SSSR count). The van der Waals surface area contributed by atoms with Crippen LogP contribution < -0.4 is 10.6 Å². The molecule has 2 atom stereocenters. The monoisotopic (exact) mass is 335 g/mol. The average Bonchev–Trinajstić information content (AvgIpc) is 3.27. The Labute approximate surface area is 144 Å². The number of rotatable bonds is 3. The topological polar surface area (TPSA) is 85.0 Å². The number of nitrogens with two attached hydrogens (primary N) is 1. The number of hydrogen-bond acceptors (Lipinski definition) is 4. The van der Waals surface area contributed by atoms with E-state index in [2.05, 4.69) is 5.16 Å². The van der Waals surface area contributed by atoms with Crippen molar-refractivity contribution in [3.8, 4) is 0 Å². The lowest BCUT2D eigenvalue weighted by atomic mass is 10.0. The van der Waals surface area contributed by atoms with Gasteiger partial charge in [-0.15, -0.1) is 0 Å². The summed E-state index contributed by atoms with van der Waals surface area (Å²) in [4.78, 5) is 31.7. The van der Waals surface area contributed by atoms with E-state index in [1.54, 1.807) is 0 Å². The van der Waals surface area contributed by atoms with Gasteiger partial charge in [0.05, 0.1) is 0 Å². The molecule has 0 spiro atoms. The molecule has 0 aromatic heterocycles. The molecule has 0 aliphatic carbocycles. The second kappa shape index (κ2) is 6.05. The van der Waals surface area contributed by atoms with Crippen LogP contribution in [-0.4, -0.2) is 23.6 Å². The summed E-state index contributed by atoms with van der Waals surface area (Å²) in [5.74, 6) is -0.851. The lowest BCUT2D eigenvalue weighted by Gasteiger charge is -2.22. The van der Waals surface area contributed by atoms with Crippen LogP contribution in [0.2, 0.25) is 0 Å². The van der Waals surface area contributed by atoms with E-state index in [0.717, 1.165) is 11.1 Å². The van der Waals surface area contributed by atoms with Crippen LogP contribution in [0.1, 0.15) is 23.7 Å². The van der Waals surface area contributed by atoms with Gasteiger partial charge < -0.3 is 10.6 Å². The van der Waals surface area contributed by atoms with Crippen molar-refractivity contribution in [1.29, 1.82) is 0 Å². The van der Waals surface area contributed by atoms with E-state index >= 15 is 0 Å². The highest BCUT2D eigenvalue weighted by molar-refractivity contribution is 6.44. The Kier molecular flexibility index (Phi) is 3.72. The Balaban J connectivity index is 1.59. The van der Waals surface area contributed by atoms with Gasteiger partial charge in [0.2, 0.25) is 5.91 Å². The number of carbonyl (C=O) groups is 2. The number of primary amides is 1. The van der Waals surface area contributed by atoms with Crippen molar-refractivity contribution in [2.45, 2.75) is 25.0 Å². The van der Waals surface area contributed by atoms with Gasteiger partial charge in [-0.1, -0.05) is 53.7 Å². The molecule has 25 heavy (non-hydrogen) atoms. The van der Waals surface area contributed by atoms with Gasteiger partial charge in [-0.3, -0.25) is 14.5 Å². The average molecular weight is 335 g/mol. The minimum atomic E-state index is -0.691. The molecule has 126 valence electrons. The number of hydrogen-bond donors (Lipinski definition) is 1. The predicted octanol–water partition coefficient (Wildman–Crippen LogP) is 1.95. The van der Waals surface area contributed by atoms with Gasteiger partial charge in [0.1, 0.15) is 11.8 Å². The predicted molar refractivity (Wildman–Crippen MR) is 92.9 cm³/mol. The molecular formula is C19H17N3O3. The molecule has 2 heterocycles. The first-order valence-corrected chi connectivity index (χ1v) is 8.13. The van der Waals surface area contributed by atoms with Crippen LogP contribution in [0.25, 0.3) is 0 Å². The van der Waals surface area contributed by atoms with Crippen LogP contribution in [0.4, 0.5) is 5.69 Å². The fourth-order valence-electron chi connectivity index (χ4n) is 3.35. The van der Waals surface area contributed by atoms with E-state index in [9.17, 15) is 9.59 Å². The van der Waals surface area contributed by atoms with Crippen molar-refractivity contribution >= 4 is 23.2 Å². The van der Waals surface area contributed by atoms with Crippen molar-refractivity contribution in [3.63, 3.8) is 0 Å². The van der Waals surface area contributed by atoms with Gasteiger partial charge >= 0.3 is 0 Å². The molecule has 0 radical (unpaired) electrons. The molecule has 0 fully saturated rings. The van der Waals surface area contributed by atoms with Crippen LogP contribution in [0, 0.1) is 0 Å². The molecular weight excluding hydrogens is 318 g/mol. The molecule has 2 N–H and O–H groups in total. The first kappa shape index (κ1) is 15.4. The number of para-hydroxylation sites is 1. The Morgan fingerprint density at radius 1 is 1.04 bits per heavy atom.